The van der Waals surface area contributed by atoms with Gasteiger partial charge in [-0.15, -0.1) is 0 Å². The van der Waals surface area contributed by atoms with Gasteiger partial charge in [-0.1, -0.05) is 32.1 Å². The fourth-order valence-corrected chi connectivity index (χ4v) is 1.79. The first-order chi connectivity index (χ1) is 9.81. The molecule has 0 aliphatic rings. The van der Waals surface area contributed by atoms with Crippen molar-refractivity contribution in [2.24, 2.45) is 5.92 Å². The summed E-state index contributed by atoms with van der Waals surface area (Å²) in [6.07, 6.45) is -2.88. The highest BCUT2D eigenvalue weighted by Gasteiger charge is 2.22. The fourth-order valence-electron chi connectivity index (χ4n) is 1.79. The van der Waals surface area contributed by atoms with Gasteiger partial charge in [0.05, 0.1) is 19.8 Å². The zero-order valence-corrected chi connectivity index (χ0v) is 12.5. The molecule has 0 amide bonds. The Balaban J connectivity index is 2.52. The van der Waals surface area contributed by atoms with E-state index in [1.165, 1.54) is 0 Å². The summed E-state index contributed by atoms with van der Waals surface area (Å²) in [5, 5.41) is 0. The minimum absolute atomic E-state index is 0.140. The van der Waals surface area contributed by atoms with Crippen LogP contribution in [-0.2, 0) is 11.3 Å². The SMILES string of the molecule is COc1ccc(COC(C/C=C\C(F)(F)F)C(C)C)cc1. The van der Waals surface area contributed by atoms with Crippen LogP contribution in [0, 0.1) is 5.92 Å². The second-order valence-corrected chi connectivity index (χ2v) is 5.12. The van der Waals surface area contributed by atoms with Crippen molar-refractivity contribution >= 4 is 0 Å². The molecule has 0 fully saturated rings. The highest BCUT2D eigenvalue weighted by Crippen LogP contribution is 2.20. The second-order valence-electron chi connectivity index (χ2n) is 5.12. The summed E-state index contributed by atoms with van der Waals surface area (Å²) >= 11 is 0. The van der Waals surface area contributed by atoms with E-state index in [-0.39, 0.29) is 24.5 Å². The van der Waals surface area contributed by atoms with Crippen molar-refractivity contribution in [3.05, 3.63) is 42.0 Å². The number of benzene rings is 1. The molecule has 1 rings (SSSR count). The Kier molecular flexibility index (Phi) is 6.75. The van der Waals surface area contributed by atoms with Crippen LogP contribution in [-0.4, -0.2) is 19.4 Å². The van der Waals surface area contributed by atoms with Crippen molar-refractivity contribution in [1.82, 2.24) is 0 Å². The first-order valence-corrected chi connectivity index (χ1v) is 6.81. The van der Waals surface area contributed by atoms with Crippen molar-refractivity contribution in [3.63, 3.8) is 0 Å². The Morgan fingerprint density at radius 3 is 2.24 bits per heavy atom. The number of allylic oxidation sites excluding steroid dienone is 1. The van der Waals surface area contributed by atoms with Crippen molar-refractivity contribution in [2.45, 2.75) is 39.2 Å². The minimum Gasteiger partial charge on any atom is -0.497 e. The van der Waals surface area contributed by atoms with Crippen LogP contribution < -0.4 is 4.74 Å². The predicted molar refractivity (Wildman–Crippen MR) is 76.2 cm³/mol. The lowest BCUT2D eigenvalue weighted by molar-refractivity contribution is -0.0803. The lowest BCUT2D eigenvalue weighted by Gasteiger charge is -2.20. The Morgan fingerprint density at radius 2 is 1.76 bits per heavy atom. The molecule has 0 aliphatic carbocycles. The van der Waals surface area contributed by atoms with E-state index in [1.807, 2.05) is 38.1 Å². The number of methoxy groups -OCH3 is 1. The molecule has 5 heteroatoms. The first-order valence-electron chi connectivity index (χ1n) is 6.81. The lowest BCUT2D eigenvalue weighted by Crippen LogP contribution is -2.19. The summed E-state index contributed by atoms with van der Waals surface area (Å²) in [6, 6.07) is 7.41. The van der Waals surface area contributed by atoms with E-state index in [0.29, 0.717) is 6.61 Å². The largest absolute Gasteiger partial charge is 0.497 e. The second kappa shape index (κ2) is 8.08. The average Bonchev–Trinajstić information content (AvgIpc) is 2.41. The number of alkyl halides is 3. The Hall–Kier alpha value is -1.49. The van der Waals surface area contributed by atoms with E-state index < -0.39 is 6.18 Å². The third-order valence-corrected chi connectivity index (χ3v) is 3.04. The molecule has 0 aromatic heterocycles. The molecular weight excluding hydrogens is 281 g/mol. The monoisotopic (exact) mass is 302 g/mol. The number of hydrogen-bond acceptors (Lipinski definition) is 2. The normalized spacial score (nSPS) is 13.9. The molecule has 0 spiro atoms. The van der Waals surface area contributed by atoms with Gasteiger partial charge in [-0.2, -0.15) is 13.2 Å². The predicted octanol–water partition coefficient (Wildman–Crippen LogP) is 4.75. The van der Waals surface area contributed by atoms with Gasteiger partial charge in [-0.25, -0.2) is 0 Å². The molecule has 0 aliphatic heterocycles. The summed E-state index contributed by atoms with van der Waals surface area (Å²) in [5.74, 6) is 0.897. The van der Waals surface area contributed by atoms with Gasteiger partial charge in [0.2, 0.25) is 0 Å². The van der Waals surface area contributed by atoms with E-state index >= 15 is 0 Å². The fraction of sp³-hybridized carbons (Fsp3) is 0.500. The van der Waals surface area contributed by atoms with Crippen LogP contribution in [0.3, 0.4) is 0 Å². The first kappa shape index (κ1) is 17.6. The van der Waals surface area contributed by atoms with Gasteiger partial charge in [0.25, 0.3) is 0 Å². The Labute approximate surface area is 123 Å². The van der Waals surface area contributed by atoms with Crippen LogP contribution in [0.25, 0.3) is 0 Å². The van der Waals surface area contributed by atoms with Crippen LogP contribution >= 0.6 is 0 Å². The molecule has 0 saturated carbocycles. The highest BCUT2D eigenvalue weighted by atomic mass is 19.4. The van der Waals surface area contributed by atoms with E-state index in [1.54, 1.807) is 7.11 Å². The number of rotatable bonds is 7. The standard InChI is InChI=1S/C16H21F3O2/c1-12(2)15(5-4-10-16(17,18)19)21-11-13-6-8-14(20-3)9-7-13/h4,6-10,12,15H,5,11H2,1-3H3/b10-4-. The van der Waals surface area contributed by atoms with Gasteiger partial charge in [0.1, 0.15) is 5.75 Å². The topological polar surface area (TPSA) is 18.5 Å². The molecule has 0 N–H and O–H groups in total. The van der Waals surface area contributed by atoms with Crippen molar-refractivity contribution in [1.29, 1.82) is 0 Å². The summed E-state index contributed by atoms with van der Waals surface area (Å²) in [6.45, 7) is 4.23. The van der Waals surface area contributed by atoms with Crippen molar-refractivity contribution in [2.75, 3.05) is 7.11 Å². The smallest absolute Gasteiger partial charge is 0.409 e. The zero-order chi connectivity index (χ0) is 15.9. The number of halogens is 3. The lowest BCUT2D eigenvalue weighted by atomic mass is 10.0. The zero-order valence-electron chi connectivity index (χ0n) is 12.5. The maximum atomic E-state index is 12.1. The average molecular weight is 302 g/mol. The van der Waals surface area contributed by atoms with Gasteiger partial charge >= 0.3 is 6.18 Å². The minimum atomic E-state index is -4.27. The molecule has 0 heterocycles. The van der Waals surface area contributed by atoms with Gasteiger partial charge < -0.3 is 9.47 Å². The maximum Gasteiger partial charge on any atom is 0.409 e. The maximum absolute atomic E-state index is 12.1. The van der Waals surface area contributed by atoms with Gasteiger partial charge in [-0.3, -0.25) is 0 Å². The summed E-state index contributed by atoms with van der Waals surface area (Å²) in [7, 11) is 1.59. The summed E-state index contributed by atoms with van der Waals surface area (Å²) in [4.78, 5) is 0. The molecule has 1 atom stereocenters. The van der Waals surface area contributed by atoms with Crippen LogP contribution in [0.1, 0.15) is 25.8 Å². The molecule has 1 aromatic carbocycles. The van der Waals surface area contributed by atoms with Gasteiger partial charge in [0.15, 0.2) is 0 Å². The van der Waals surface area contributed by atoms with Crippen molar-refractivity contribution < 1.29 is 22.6 Å². The quantitative estimate of drug-likeness (QED) is 0.677. The van der Waals surface area contributed by atoms with E-state index in [4.69, 9.17) is 9.47 Å². The Bertz CT molecular complexity index is 436. The van der Waals surface area contributed by atoms with E-state index in [0.717, 1.165) is 17.4 Å². The molecule has 0 radical (unpaired) electrons. The molecule has 0 bridgehead atoms. The van der Waals surface area contributed by atoms with Crippen molar-refractivity contribution in [3.8, 4) is 5.75 Å². The van der Waals surface area contributed by atoms with Crippen LogP contribution in [0.2, 0.25) is 0 Å². The van der Waals surface area contributed by atoms with Gasteiger partial charge in [-0.05, 0) is 30.0 Å². The summed E-state index contributed by atoms with van der Waals surface area (Å²) in [5.41, 5.74) is 0.959. The third kappa shape index (κ3) is 7.18. The van der Waals surface area contributed by atoms with Gasteiger partial charge in [0, 0.05) is 6.08 Å². The van der Waals surface area contributed by atoms with Crippen LogP contribution in [0.4, 0.5) is 13.2 Å². The van der Waals surface area contributed by atoms with E-state index in [9.17, 15) is 13.2 Å². The summed E-state index contributed by atoms with van der Waals surface area (Å²) < 4.78 is 47.0. The molecule has 0 saturated heterocycles. The molecule has 2 nitrogen and oxygen atoms in total. The van der Waals surface area contributed by atoms with E-state index in [2.05, 4.69) is 0 Å². The molecule has 21 heavy (non-hydrogen) atoms. The molecule has 1 aromatic rings. The van der Waals surface area contributed by atoms with Crippen LogP contribution in [0.15, 0.2) is 36.4 Å². The highest BCUT2D eigenvalue weighted by molar-refractivity contribution is 5.26. The molecule has 118 valence electrons. The van der Waals surface area contributed by atoms with Crippen LogP contribution in [0.5, 0.6) is 5.75 Å². The third-order valence-electron chi connectivity index (χ3n) is 3.04. The number of ether oxygens (including phenoxy) is 2. The number of hydrogen-bond donors (Lipinski definition) is 0. The molecule has 1 unspecified atom stereocenters. The molecular formula is C16H21F3O2. The Morgan fingerprint density at radius 1 is 1.14 bits per heavy atom.